The van der Waals surface area contributed by atoms with Crippen LogP contribution in [0.5, 0.6) is 5.75 Å². The number of hydrogen-bond donors (Lipinski definition) is 1. The van der Waals surface area contributed by atoms with E-state index < -0.39 is 0 Å². The van der Waals surface area contributed by atoms with Gasteiger partial charge in [0.2, 0.25) is 0 Å². The number of aromatic hydroxyl groups is 1. The Hall–Kier alpha value is -0.181. The Labute approximate surface area is 65.3 Å². The Morgan fingerprint density at radius 2 is 1.50 bits per heavy atom. The van der Waals surface area contributed by atoms with Crippen LogP contribution in [0, 0.1) is 0 Å². The van der Waals surface area contributed by atoms with Gasteiger partial charge < -0.3 is 5.11 Å². The fourth-order valence-corrected chi connectivity index (χ4v) is 0.428. The SMILES string of the molecule is Oc1ccccc1.[Sn+2]. The molecule has 0 aliphatic rings. The van der Waals surface area contributed by atoms with Crippen molar-refractivity contribution in [1.29, 1.82) is 0 Å². The first-order chi connectivity index (χ1) is 3.39. The predicted octanol–water partition coefficient (Wildman–Crippen LogP) is 1.01. The van der Waals surface area contributed by atoms with E-state index in [0.717, 1.165) is 0 Å². The van der Waals surface area contributed by atoms with E-state index in [1.807, 2.05) is 6.07 Å². The van der Waals surface area contributed by atoms with E-state index in [0.29, 0.717) is 5.75 Å². The molecule has 1 aromatic carbocycles. The minimum Gasteiger partial charge on any atom is -0.508 e. The van der Waals surface area contributed by atoms with E-state index in [2.05, 4.69) is 0 Å². The third kappa shape index (κ3) is 2.21. The number of rotatable bonds is 0. The van der Waals surface area contributed by atoms with Crippen LogP contribution in [0.4, 0.5) is 0 Å². The van der Waals surface area contributed by atoms with Crippen LogP contribution in [0.1, 0.15) is 0 Å². The minimum atomic E-state index is 0. The van der Waals surface area contributed by atoms with Crippen molar-refractivity contribution >= 4 is 23.9 Å². The van der Waals surface area contributed by atoms with Crippen LogP contribution >= 0.6 is 0 Å². The summed E-state index contributed by atoms with van der Waals surface area (Å²) in [6, 6.07) is 8.71. The van der Waals surface area contributed by atoms with Gasteiger partial charge in [-0.1, -0.05) is 18.2 Å². The maximum atomic E-state index is 8.63. The average Bonchev–Trinajstić information content (AvgIpc) is 1.69. The molecule has 0 saturated heterocycles. The summed E-state index contributed by atoms with van der Waals surface area (Å²) in [6.07, 6.45) is 0. The van der Waals surface area contributed by atoms with Gasteiger partial charge >= 0.3 is 23.9 Å². The van der Waals surface area contributed by atoms with Crippen molar-refractivity contribution in [3.05, 3.63) is 30.3 Å². The number of phenols is 1. The van der Waals surface area contributed by atoms with Crippen molar-refractivity contribution in [2.75, 3.05) is 0 Å². The van der Waals surface area contributed by atoms with Crippen molar-refractivity contribution < 1.29 is 5.11 Å². The molecule has 0 unspecified atom stereocenters. The zero-order valence-electron chi connectivity index (χ0n) is 4.33. The van der Waals surface area contributed by atoms with Crippen molar-refractivity contribution in [2.45, 2.75) is 0 Å². The molecule has 0 fully saturated rings. The third-order valence-electron chi connectivity index (χ3n) is 0.756. The molecule has 1 rings (SSSR count). The molecule has 0 atom stereocenters. The molecule has 0 amide bonds. The fraction of sp³-hybridized carbons (Fsp3) is 0. The molecule has 0 aliphatic carbocycles. The summed E-state index contributed by atoms with van der Waals surface area (Å²) in [6.45, 7) is 0. The molecule has 1 nitrogen and oxygen atoms in total. The average molecular weight is 213 g/mol. The van der Waals surface area contributed by atoms with Crippen LogP contribution in [0.15, 0.2) is 30.3 Å². The molecule has 0 aromatic heterocycles. The van der Waals surface area contributed by atoms with E-state index in [1.165, 1.54) is 0 Å². The third-order valence-corrected chi connectivity index (χ3v) is 0.756. The Morgan fingerprint density at radius 1 is 1.00 bits per heavy atom. The van der Waals surface area contributed by atoms with Crippen molar-refractivity contribution in [1.82, 2.24) is 0 Å². The molecule has 8 heavy (non-hydrogen) atoms. The maximum absolute atomic E-state index is 8.63. The van der Waals surface area contributed by atoms with Gasteiger partial charge in [-0.15, -0.1) is 0 Å². The van der Waals surface area contributed by atoms with Crippen LogP contribution in [0.25, 0.3) is 0 Å². The van der Waals surface area contributed by atoms with Crippen LogP contribution in [0.2, 0.25) is 0 Å². The Balaban J connectivity index is 0.000000490. The second kappa shape index (κ2) is 3.78. The Kier molecular flexibility index (Phi) is 3.69. The summed E-state index contributed by atoms with van der Waals surface area (Å²) in [7, 11) is 0. The summed E-state index contributed by atoms with van der Waals surface area (Å²) in [5.74, 6) is 0.322. The first kappa shape index (κ1) is 7.82. The van der Waals surface area contributed by atoms with Gasteiger partial charge in [-0.25, -0.2) is 0 Å². The smallest absolute Gasteiger partial charge is 0.508 e. The van der Waals surface area contributed by atoms with Gasteiger partial charge in [0, 0.05) is 0 Å². The van der Waals surface area contributed by atoms with Crippen LogP contribution in [0.3, 0.4) is 0 Å². The summed E-state index contributed by atoms with van der Waals surface area (Å²) in [5, 5.41) is 8.63. The maximum Gasteiger partial charge on any atom is 2.00 e. The minimum absolute atomic E-state index is 0. The zero-order valence-corrected chi connectivity index (χ0v) is 7.19. The molecular formula is C6H6OSn+2. The van der Waals surface area contributed by atoms with E-state index in [9.17, 15) is 0 Å². The normalized spacial score (nSPS) is 7.50. The van der Waals surface area contributed by atoms with Crippen molar-refractivity contribution in [3.63, 3.8) is 0 Å². The van der Waals surface area contributed by atoms with Crippen LogP contribution < -0.4 is 0 Å². The van der Waals surface area contributed by atoms with Crippen molar-refractivity contribution in [2.24, 2.45) is 0 Å². The van der Waals surface area contributed by atoms with E-state index >= 15 is 0 Å². The Bertz CT molecular complexity index is 138. The van der Waals surface area contributed by atoms with E-state index in [4.69, 9.17) is 5.11 Å². The second-order valence-corrected chi connectivity index (χ2v) is 1.34. The Morgan fingerprint density at radius 3 is 1.75 bits per heavy atom. The van der Waals surface area contributed by atoms with E-state index in [-0.39, 0.29) is 23.9 Å². The quantitative estimate of drug-likeness (QED) is 0.637. The number of benzene rings is 1. The number of hydrogen-bond acceptors (Lipinski definition) is 1. The molecule has 0 saturated carbocycles. The molecule has 0 bridgehead atoms. The molecule has 38 valence electrons. The topological polar surface area (TPSA) is 20.2 Å². The molecular weight excluding hydrogens is 207 g/mol. The van der Waals surface area contributed by atoms with Crippen molar-refractivity contribution in [3.8, 4) is 5.75 Å². The molecule has 0 spiro atoms. The monoisotopic (exact) mass is 214 g/mol. The largest absolute Gasteiger partial charge is 2.00 e. The van der Waals surface area contributed by atoms with Crippen LogP contribution in [-0.4, -0.2) is 29.0 Å². The first-order valence-electron chi connectivity index (χ1n) is 2.13. The van der Waals surface area contributed by atoms with Gasteiger partial charge in [-0.05, 0) is 12.1 Å². The van der Waals surface area contributed by atoms with Gasteiger partial charge in [0.25, 0.3) is 0 Å². The van der Waals surface area contributed by atoms with Gasteiger partial charge in [0.05, 0.1) is 0 Å². The second-order valence-electron chi connectivity index (χ2n) is 1.34. The van der Waals surface area contributed by atoms with Gasteiger partial charge in [0.1, 0.15) is 5.75 Å². The molecule has 1 N–H and O–H groups in total. The van der Waals surface area contributed by atoms with Gasteiger partial charge in [-0.2, -0.15) is 0 Å². The van der Waals surface area contributed by atoms with Crippen LogP contribution in [-0.2, 0) is 0 Å². The molecule has 0 heterocycles. The number of para-hydroxylation sites is 1. The zero-order chi connectivity index (χ0) is 5.11. The van der Waals surface area contributed by atoms with Gasteiger partial charge in [0.15, 0.2) is 0 Å². The first-order valence-corrected chi connectivity index (χ1v) is 2.13. The fourth-order valence-electron chi connectivity index (χ4n) is 0.428. The molecule has 2 radical (unpaired) electrons. The standard InChI is InChI=1S/C6H6O.Sn/c7-6-4-2-1-3-5-6;/h1-5,7H;/q;+2. The summed E-state index contributed by atoms with van der Waals surface area (Å²) >= 11 is 0. The molecule has 2 heteroatoms. The predicted molar refractivity (Wildman–Crippen MR) is 33.9 cm³/mol. The molecule has 0 aliphatic heterocycles. The van der Waals surface area contributed by atoms with Gasteiger partial charge in [-0.3, -0.25) is 0 Å². The number of phenolic OH excluding ortho intramolecular Hbond substituents is 1. The summed E-state index contributed by atoms with van der Waals surface area (Å²) < 4.78 is 0. The van der Waals surface area contributed by atoms with E-state index in [1.54, 1.807) is 24.3 Å². The molecule has 1 aromatic rings. The summed E-state index contributed by atoms with van der Waals surface area (Å²) in [5.41, 5.74) is 0. The summed E-state index contributed by atoms with van der Waals surface area (Å²) in [4.78, 5) is 0.